The predicted octanol–water partition coefficient (Wildman–Crippen LogP) is 3.86. The van der Waals surface area contributed by atoms with Crippen LogP contribution in [0.3, 0.4) is 0 Å². The number of carbonyl (C=O) groups is 3. The standard InChI is InChI=1S/C23H17N3O4S/c24-21(28)16-10-11-31-22(16)26-20(27)13-30-23(29)17-12-19(14-6-2-1-3-7-14)25-18-9-5-4-8-15(17)18/h1-12H,13H2,(H2,24,28)(H,26,27). The second-order valence-corrected chi connectivity index (χ2v) is 7.51. The summed E-state index contributed by atoms with van der Waals surface area (Å²) < 4.78 is 5.25. The molecule has 0 unspecified atom stereocenters. The van der Waals surface area contributed by atoms with Crippen LogP contribution in [0.2, 0.25) is 0 Å². The summed E-state index contributed by atoms with van der Waals surface area (Å²) in [6.45, 7) is -0.508. The van der Waals surface area contributed by atoms with Crippen molar-refractivity contribution in [2.75, 3.05) is 11.9 Å². The Labute approximate surface area is 181 Å². The van der Waals surface area contributed by atoms with Crippen molar-refractivity contribution >= 4 is 45.0 Å². The Morgan fingerprint density at radius 2 is 1.71 bits per heavy atom. The molecule has 4 rings (SSSR count). The van der Waals surface area contributed by atoms with Gasteiger partial charge in [-0.3, -0.25) is 9.59 Å². The molecule has 0 bridgehead atoms. The molecule has 31 heavy (non-hydrogen) atoms. The Bertz CT molecular complexity index is 1280. The van der Waals surface area contributed by atoms with Gasteiger partial charge in [0.05, 0.1) is 22.3 Å². The lowest BCUT2D eigenvalue weighted by Crippen LogP contribution is -2.22. The summed E-state index contributed by atoms with van der Waals surface area (Å²) in [5.41, 5.74) is 7.92. The fourth-order valence-corrected chi connectivity index (χ4v) is 3.88. The molecule has 7 nitrogen and oxygen atoms in total. The van der Waals surface area contributed by atoms with Crippen molar-refractivity contribution in [2.24, 2.45) is 5.73 Å². The van der Waals surface area contributed by atoms with Gasteiger partial charge in [0.25, 0.3) is 11.8 Å². The number of amides is 2. The van der Waals surface area contributed by atoms with Gasteiger partial charge in [-0.15, -0.1) is 11.3 Å². The molecule has 0 aliphatic heterocycles. The lowest BCUT2D eigenvalue weighted by atomic mass is 10.0. The van der Waals surface area contributed by atoms with Gasteiger partial charge in [-0.25, -0.2) is 9.78 Å². The molecule has 2 heterocycles. The van der Waals surface area contributed by atoms with Crippen molar-refractivity contribution in [1.29, 1.82) is 0 Å². The first-order valence-corrected chi connectivity index (χ1v) is 10.2. The molecular weight excluding hydrogens is 414 g/mol. The monoisotopic (exact) mass is 431 g/mol. The summed E-state index contributed by atoms with van der Waals surface area (Å²) in [6, 6.07) is 19.9. The zero-order valence-electron chi connectivity index (χ0n) is 16.2. The smallest absolute Gasteiger partial charge is 0.339 e. The summed E-state index contributed by atoms with van der Waals surface area (Å²) >= 11 is 1.16. The number of primary amides is 1. The molecular formula is C23H17N3O4S. The molecule has 2 aromatic heterocycles. The summed E-state index contributed by atoms with van der Waals surface area (Å²) in [5, 5.41) is 5.12. The number of hydrogen-bond donors (Lipinski definition) is 2. The van der Waals surface area contributed by atoms with Gasteiger partial charge < -0.3 is 15.8 Å². The molecule has 0 saturated carbocycles. The number of para-hydroxylation sites is 1. The number of hydrogen-bond acceptors (Lipinski definition) is 6. The summed E-state index contributed by atoms with van der Waals surface area (Å²) in [5.74, 6) is -1.86. The molecule has 2 aromatic carbocycles. The Hall–Kier alpha value is -4.04. The highest BCUT2D eigenvalue weighted by Crippen LogP contribution is 2.26. The van der Waals surface area contributed by atoms with Crippen LogP contribution in [0.4, 0.5) is 5.00 Å². The maximum absolute atomic E-state index is 12.8. The number of carbonyl (C=O) groups excluding carboxylic acids is 3. The lowest BCUT2D eigenvalue weighted by molar-refractivity contribution is -0.119. The van der Waals surface area contributed by atoms with Crippen LogP contribution in [-0.2, 0) is 9.53 Å². The second-order valence-electron chi connectivity index (χ2n) is 6.59. The topological polar surface area (TPSA) is 111 Å². The van der Waals surface area contributed by atoms with Gasteiger partial charge in [-0.05, 0) is 23.6 Å². The second kappa shape index (κ2) is 8.76. The number of ether oxygens (including phenoxy) is 1. The van der Waals surface area contributed by atoms with E-state index >= 15 is 0 Å². The molecule has 0 saturated heterocycles. The van der Waals surface area contributed by atoms with E-state index in [0.717, 1.165) is 16.9 Å². The number of anilines is 1. The van der Waals surface area contributed by atoms with Crippen molar-refractivity contribution in [1.82, 2.24) is 4.98 Å². The third-order valence-corrected chi connectivity index (χ3v) is 5.35. The van der Waals surface area contributed by atoms with Crippen LogP contribution in [0.25, 0.3) is 22.2 Å². The molecule has 154 valence electrons. The minimum Gasteiger partial charge on any atom is -0.452 e. The largest absolute Gasteiger partial charge is 0.452 e. The van der Waals surface area contributed by atoms with Crippen molar-refractivity contribution in [2.45, 2.75) is 0 Å². The van der Waals surface area contributed by atoms with Crippen LogP contribution in [0.5, 0.6) is 0 Å². The normalized spacial score (nSPS) is 10.6. The van der Waals surface area contributed by atoms with Crippen LogP contribution in [0, 0.1) is 0 Å². The van der Waals surface area contributed by atoms with E-state index in [-0.39, 0.29) is 5.56 Å². The van der Waals surface area contributed by atoms with Crippen molar-refractivity contribution in [3.63, 3.8) is 0 Å². The predicted molar refractivity (Wildman–Crippen MR) is 119 cm³/mol. The molecule has 0 atom stereocenters. The van der Waals surface area contributed by atoms with Gasteiger partial charge in [-0.2, -0.15) is 0 Å². The van der Waals surface area contributed by atoms with Gasteiger partial charge in [0.1, 0.15) is 5.00 Å². The average Bonchev–Trinajstić information content (AvgIpc) is 3.25. The fraction of sp³-hybridized carbons (Fsp3) is 0.0435. The van der Waals surface area contributed by atoms with Gasteiger partial charge in [0.15, 0.2) is 6.61 Å². The first-order chi connectivity index (χ1) is 15.0. The van der Waals surface area contributed by atoms with Gasteiger partial charge in [0, 0.05) is 10.9 Å². The van der Waals surface area contributed by atoms with Crippen LogP contribution in [0.1, 0.15) is 20.7 Å². The molecule has 0 aliphatic carbocycles. The first kappa shape index (κ1) is 20.2. The van der Waals surface area contributed by atoms with E-state index in [2.05, 4.69) is 10.3 Å². The third-order valence-electron chi connectivity index (χ3n) is 4.52. The van der Waals surface area contributed by atoms with E-state index in [1.54, 1.807) is 23.6 Å². The van der Waals surface area contributed by atoms with Crippen LogP contribution < -0.4 is 11.1 Å². The van der Waals surface area contributed by atoms with E-state index in [1.807, 2.05) is 42.5 Å². The van der Waals surface area contributed by atoms with E-state index < -0.39 is 24.4 Å². The fourth-order valence-electron chi connectivity index (χ4n) is 3.07. The number of nitrogens with two attached hydrogens (primary N) is 1. The van der Waals surface area contributed by atoms with E-state index in [4.69, 9.17) is 10.5 Å². The number of benzene rings is 2. The number of esters is 1. The number of thiophene rings is 1. The summed E-state index contributed by atoms with van der Waals surface area (Å²) in [7, 11) is 0. The molecule has 8 heteroatoms. The van der Waals surface area contributed by atoms with E-state index in [1.165, 1.54) is 6.07 Å². The lowest BCUT2D eigenvalue weighted by Gasteiger charge is -2.10. The number of pyridine rings is 1. The molecule has 0 spiro atoms. The van der Waals surface area contributed by atoms with Gasteiger partial charge in [0.2, 0.25) is 0 Å². The Kier molecular flexibility index (Phi) is 5.72. The first-order valence-electron chi connectivity index (χ1n) is 9.32. The zero-order chi connectivity index (χ0) is 21.8. The molecule has 0 aliphatic rings. The number of nitrogens with zero attached hydrogens (tertiary/aromatic N) is 1. The van der Waals surface area contributed by atoms with Gasteiger partial charge in [-0.1, -0.05) is 48.5 Å². The highest BCUT2D eigenvalue weighted by molar-refractivity contribution is 7.14. The van der Waals surface area contributed by atoms with Crippen molar-refractivity contribution in [3.8, 4) is 11.3 Å². The number of aromatic nitrogens is 1. The third kappa shape index (κ3) is 4.44. The quantitative estimate of drug-likeness (QED) is 0.450. The summed E-state index contributed by atoms with van der Waals surface area (Å²) in [4.78, 5) is 41.1. The molecule has 0 fully saturated rings. The van der Waals surface area contributed by atoms with Crippen LogP contribution >= 0.6 is 11.3 Å². The van der Waals surface area contributed by atoms with Crippen molar-refractivity contribution < 1.29 is 19.1 Å². The Morgan fingerprint density at radius 3 is 2.48 bits per heavy atom. The Morgan fingerprint density at radius 1 is 0.968 bits per heavy atom. The van der Waals surface area contributed by atoms with Crippen LogP contribution in [-0.4, -0.2) is 29.4 Å². The minimum absolute atomic E-state index is 0.206. The zero-order valence-corrected chi connectivity index (χ0v) is 17.0. The molecule has 0 radical (unpaired) electrons. The average molecular weight is 431 g/mol. The highest BCUT2D eigenvalue weighted by atomic mass is 32.1. The highest BCUT2D eigenvalue weighted by Gasteiger charge is 2.18. The maximum Gasteiger partial charge on any atom is 0.339 e. The number of rotatable bonds is 6. The Balaban J connectivity index is 1.55. The summed E-state index contributed by atoms with van der Waals surface area (Å²) in [6.07, 6.45) is 0. The number of fused-ring (bicyclic) bond motifs is 1. The maximum atomic E-state index is 12.8. The van der Waals surface area contributed by atoms with Crippen molar-refractivity contribution in [3.05, 3.63) is 83.2 Å². The minimum atomic E-state index is -0.648. The van der Waals surface area contributed by atoms with Gasteiger partial charge >= 0.3 is 5.97 Å². The van der Waals surface area contributed by atoms with E-state index in [0.29, 0.717) is 27.2 Å². The molecule has 4 aromatic rings. The van der Waals surface area contributed by atoms with E-state index in [9.17, 15) is 14.4 Å². The molecule has 2 amide bonds. The van der Waals surface area contributed by atoms with Crippen LogP contribution in [0.15, 0.2) is 72.1 Å². The molecule has 3 N–H and O–H groups in total. The number of nitrogens with one attached hydrogen (secondary N) is 1. The SMILES string of the molecule is NC(=O)c1ccsc1NC(=O)COC(=O)c1cc(-c2ccccc2)nc2ccccc12.